The SMILES string of the molecule is CCC(N)(CC)CNC(=O)Cc1ccc(N)cc1. The molecule has 1 aromatic rings. The molecule has 0 unspecified atom stereocenters. The van der Waals surface area contributed by atoms with Crippen LogP contribution >= 0.6 is 0 Å². The molecule has 0 bridgehead atoms. The van der Waals surface area contributed by atoms with Gasteiger partial charge in [-0.05, 0) is 30.5 Å². The lowest BCUT2D eigenvalue weighted by Crippen LogP contribution is -2.49. The summed E-state index contributed by atoms with van der Waals surface area (Å²) in [5, 5.41) is 2.89. The van der Waals surface area contributed by atoms with Gasteiger partial charge in [0.15, 0.2) is 0 Å². The highest BCUT2D eigenvalue weighted by atomic mass is 16.1. The summed E-state index contributed by atoms with van der Waals surface area (Å²) in [6, 6.07) is 7.33. The Morgan fingerprint density at radius 3 is 2.28 bits per heavy atom. The molecule has 0 atom stereocenters. The molecule has 18 heavy (non-hydrogen) atoms. The lowest BCUT2D eigenvalue weighted by Gasteiger charge is -2.26. The largest absolute Gasteiger partial charge is 0.399 e. The minimum Gasteiger partial charge on any atom is -0.399 e. The second-order valence-electron chi connectivity index (χ2n) is 4.76. The third kappa shape index (κ3) is 4.37. The van der Waals surface area contributed by atoms with E-state index in [9.17, 15) is 4.79 Å². The van der Waals surface area contributed by atoms with Crippen LogP contribution in [0.4, 0.5) is 5.69 Å². The predicted octanol–water partition coefficient (Wildman–Crippen LogP) is 1.44. The van der Waals surface area contributed by atoms with Crippen molar-refractivity contribution in [2.75, 3.05) is 12.3 Å². The van der Waals surface area contributed by atoms with Crippen molar-refractivity contribution >= 4 is 11.6 Å². The summed E-state index contributed by atoms with van der Waals surface area (Å²) in [6.07, 6.45) is 2.07. The summed E-state index contributed by atoms with van der Waals surface area (Å²) in [5.41, 5.74) is 13.1. The lowest BCUT2D eigenvalue weighted by atomic mass is 9.94. The summed E-state index contributed by atoms with van der Waals surface area (Å²) in [6.45, 7) is 4.60. The molecule has 1 aromatic carbocycles. The van der Waals surface area contributed by atoms with E-state index in [1.165, 1.54) is 0 Å². The Kier molecular flexibility index (Phi) is 5.16. The number of nitrogens with one attached hydrogen (secondary N) is 1. The number of rotatable bonds is 6. The Balaban J connectivity index is 2.45. The van der Waals surface area contributed by atoms with Crippen molar-refractivity contribution in [3.8, 4) is 0 Å². The molecule has 1 amide bonds. The molecule has 0 aliphatic heterocycles. The fourth-order valence-corrected chi connectivity index (χ4v) is 1.66. The number of carbonyl (C=O) groups is 1. The van der Waals surface area contributed by atoms with Crippen molar-refractivity contribution < 1.29 is 4.79 Å². The minimum absolute atomic E-state index is 0.00324. The van der Waals surface area contributed by atoms with Gasteiger partial charge in [0.25, 0.3) is 0 Å². The van der Waals surface area contributed by atoms with Crippen molar-refractivity contribution in [1.82, 2.24) is 5.32 Å². The van der Waals surface area contributed by atoms with Crippen LogP contribution in [-0.2, 0) is 11.2 Å². The van der Waals surface area contributed by atoms with Crippen molar-refractivity contribution in [2.24, 2.45) is 5.73 Å². The van der Waals surface area contributed by atoms with Gasteiger partial charge in [0.1, 0.15) is 0 Å². The maximum Gasteiger partial charge on any atom is 0.224 e. The Morgan fingerprint density at radius 1 is 1.22 bits per heavy atom. The van der Waals surface area contributed by atoms with Crippen LogP contribution in [0.15, 0.2) is 24.3 Å². The quantitative estimate of drug-likeness (QED) is 0.667. The van der Waals surface area contributed by atoms with Gasteiger partial charge in [-0.3, -0.25) is 4.79 Å². The molecule has 0 aromatic heterocycles. The fourth-order valence-electron chi connectivity index (χ4n) is 1.66. The average Bonchev–Trinajstić information content (AvgIpc) is 2.39. The highest BCUT2D eigenvalue weighted by molar-refractivity contribution is 5.78. The van der Waals surface area contributed by atoms with E-state index in [4.69, 9.17) is 11.5 Å². The third-order valence-corrected chi connectivity index (χ3v) is 3.39. The predicted molar refractivity (Wildman–Crippen MR) is 75.1 cm³/mol. The Labute approximate surface area is 109 Å². The zero-order valence-corrected chi connectivity index (χ0v) is 11.2. The highest BCUT2D eigenvalue weighted by Crippen LogP contribution is 2.10. The molecule has 1 rings (SSSR count). The molecule has 0 saturated heterocycles. The number of amides is 1. The average molecular weight is 249 g/mol. The van der Waals surface area contributed by atoms with E-state index in [2.05, 4.69) is 5.32 Å². The van der Waals surface area contributed by atoms with Gasteiger partial charge in [-0.1, -0.05) is 26.0 Å². The number of nitrogens with two attached hydrogens (primary N) is 2. The monoisotopic (exact) mass is 249 g/mol. The van der Waals surface area contributed by atoms with E-state index in [1.54, 1.807) is 12.1 Å². The van der Waals surface area contributed by atoms with Crippen LogP contribution in [-0.4, -0.2) is 18.0 Å². The van der Waals surface area contributed by atoms with E-state index < -0.39 is 0 Å². The topological polar surface area (TPSA) is 81.1 Å². The first-order valence-electron chi connectivity index (χ1n) is 6.39. The zero-order valence-electron chi connectivity index (χ0n) is 11.2. The molecule has 0 aliphatic rings. The maximum absolute atomic E-state index is 11.8. The highest BCUT2D eigenvalue weighted by Gasteiger charge is 2.20. The molecule has 0 heterocycles. The van der Waals surface area contributed by atoms with E-state index >= 15 is 0 Å². The zero-order chi connectivity index (χ0) is 13.6. The Hall–Kier alpha value is -1.55. The molecule has 0 saturated carbocycles. The van der Waals surface area contributed by atoms with Gasteiger partial charge < -0.3 is 16.8 Å². The number of carbonyl (C=O) groups excluding carboxylic acids is 1. The van der Waals surface area contributed by atoms with E-state index in [0.29, 0.717) is 18.7 Å². The molecule has 4 nitrogen and oxygen atoms in total. The van der Waals surface area contributed by atoms with Gasteiger partial charge in [-0.15, -0.1) is 0 Å². The number of hydrogen-bond donors (Lipinski definition) is 3. The van der Waals surface area contributed by atoms with E-state index in [-0.39, 0.29) is 11.4 Å². The number of nitrogen functional groups attached to an aromatic ring is 1. The fraction of sp³-hybridized carbons (Fsp3) is 0.500. The number of benzene rings is 1. The molecule has 0 fully saturated rings. The first kappa shape index (κ1) is 14.5. The van der Waals surface area contributed by atoms with Crippen LogP contribution in [0.25, 0.3) is 0 Å². The van der Waals surface area contributed by atoms with Crippen LogP contribution in [0.5, 0.6) is 0 Å². The molecular formula is C14H23N3O. The van der Waals surface area contributed by atoms with Crippen LogP contribution < -0.4 is 16.8 Å². The third-order valence-electron chi connectivity index (χ3n) is 3.39. The summed E-state index contributed by atoms with van der Waals surface area (Å²) in [7, 11) is 0. The van der Waals surface area contributed by atoms with Crippen LogP contribution in [0.1, 0.15) is 32.3 Å². The Morgan fingerprint density at radius 2 is 1.78 bits per heavy atom. The van der Waals surface area contributed by atoms with E-state index in [1.807, 2.05) is 26.0 Å². The van der Waals surface area contributed by atoms with Crippen molar-refractivity contribution in [1.29, 1.82) is 0 Å². The van der Waals surface area contributed by atoms with Gasteiger partial charge in [0.2, 0.25) is 5.91 Å². The summed E-state index contributed by atoms with van der Waals surface area (Å²) in [5.74, 6) is -0.00324. The van der Waals surface area contributed by atoms with Crippen molar-refractivity contribution in [2.45, 2.75) is 38.6 Å². The van der Waals surface area contributed by atoms with Crippen LogP contribution in [0.2, 0.25) is 0 Å². The molecule has 0 aliphatic carbocycles. The van der Waals surface area contributed by atoms with Crippen molar-refractivity contribution in [3.63, 3.8) is 0 Å². The first-order chi connectivity index (χ1) is 8.49. The molecule has 4 heteroatoms. The van der Waals surface area contributed by atoms with Crippen molar-refractivity contribution in [3.05, 3.63) is 29.8 Å². The second-order valence-corrected chi connectivity index (χ2v) is 4.76. The van der Waals surface area contributed by atoms with Crippen LogP contribution in [0.3, 0.4) is 0 Å². The summed E-state index contributed by atoms with van der Waals surface area (Å²) >= 11 is 0. The lowest BCUT2D eigenvalue weighted by molar-refractivity contribution is -0.120. The number of anilines is 1. The van der Waals surface area contributed by atoms with Gasteiger partial charge in [0, 0.05) is 17.8 Å². The normalized spacial score (nSPS) is 11.3. The molecule has 5 N–H and O–H groups in total. The van der Waals surface area contributed by atoms with Gasteiger partial charge >= 0.3 is 0 Å². The molecular weight excluding hydrogens is 226 g/mol. The summed E-state index contributed by atoms with van der Waals surface area (Å²) in [4.78, 5) is 11.8. The minimum atomic E-state index is -0.295. The van der Waals surface area contributed by atoms with Gasteiger partial charge in [-0.2, -0.15) is 0 Å². The summed E-state index contributed by atoms with van der Waals surface area (Å²) < 4.78 is 0. The standard InChI is InChI=1S/C14H23N3O/c1-3-14(16,4-2)10-17-13(18)9-11-5-7-12(15)8-6-11/h5-8H,3-4,9-10,15-16H2,1-2H3,(H,17,18). The van der Waals surface area contributed by atoms with Crippen LogP contribution in [0, 0.1) is 0 Å². The van der Waals surface area contributed by atoms with Gasteiger partial charge in [-0.25, -0.2) is 0 Å². The number of hydrogen-bond acceptors (Lipinski definition) is 3. The second kappa shape index (κ2) is 6.40. The first-order valence-corrected chi connectivity index (χ1v) is 6.39. The molecule has 100 valence electrons. The Bertz CT molecular complexity index is 383. The smallest absolute Gasteiger partial charge is 0.224 e. The molecule has 0 radical (unpaired) electrons. The van der Waals surface area contributed by atoms with E-state index in [0.717, 1.165) is 18.4 Å². The molecule has 0 spiro atoms. The van der Waals surface area contributed by atoms with Gasteiger partial charge in [0.05, 0.1) is 6.42 Å². The maximum atomic E-state index is 11.8.